The highest BCUT2D eigenvalue weighted by Crippen LogP contribution is 2.22. The Morgan fingerprint density at radius 2 is 2.29 bits per heavy atom. The first-order valence-electron chi connectivity index (χ1n) is 4.68. The van der Waals surface area contributed by atoms with E-state index in [4.69, 9.17) is 5.73 Å². The van der Waals surface area contributed by atoms with Crippen molar-refractivity contribution in [3.63, 3.8) is 0 Å². The molecule has 1 unspecified atom stereocenters. The van der Waals surface area contributed by atoms with Gasteiger partial charge in [-0.05, 0) is 35.6 Å². The van der Waals surface area contributed by atoms with Crippen molar-refractivity contribution in [3.05, 3.63) is 35.5 Å². The van der Waals surface area contributed by atoms with Crippen LogP contribution in [0.4, 0.5) is 0 Å². The highest BCUT2D eigenvalue weighted by atomic mass is 16.3. The van der Waals surface area contributed by atoms with Crippen LogP contribution in [0.2, 0.25) is 0 Å². The predicted molar refractivity (Wildman–Crippen MR) is 57.0 cm³/mol. The van der Waals surface area contributed by atoms with Gasteiger partial charge in [0.25, 0.3) is 0 Å². The first-order chi connectivity index (χ1) is 6.72. The van der Waals surface area contributed by atoms with E-state index in [0.29, 0.717) is 0 Å². The number of hydrogen-bond acceptors (Lipinski definition) is 2. The zero-order valence-corrected chi connectivity index (χ0v) is 8.12. The van der Waals surface area contributed by atoms with E-state index in [-0.39, 0.29) is 6.54 Å². The van der Waals surface area contributed by atoms with Gasteiger partial charge in [0.2, 0.25) is 0 Å². The van der Waals surface area contributed by atoms with Gasteiger partial charge in [-0.15, -0.1) is 0 Å². The smallest absolute Gasteiger partial charge is 0.0912 e. The molecule has 0 aliphatic carbocycles. The van der Waals surface area contributed by atoms with Crippen molar-refractivity contribution in [3.8, 4) is 0 Å². The summed E-state index contributed by atoms with van der Waals surface area (Å²) in [5.74, 6) is 0. The number of aryl methyl sites for hydroxylation is 1. The fourth-order valence-corrected chi connectivity index (χ4v) is 1.72. The Labute approximate surface area is 82.6 Å². The number of fused-ring (bicyclic) bond motifs is 1. The van der Waals surface area contributed by atoms with Gasteiger partial charge < -0.3 is 15.8 Å². The molecule has 4 N–H and O–H groups in total. The lowest BCUT2D eigenvalue weighted by Crippen LogP contribution is -2.11. The molecule has 0 radical (unpaired) electrons. The molecule has 1 aromatic carbocycles. The molecule has 14 heavy (non-hydrogen) atoms. The summed E-state index contributed by atoms with van der Waals surface area (Å²) in [5.41, 5.74) is 8.56. The zero-order valence-electron chi connectivity index (χ0n) is 8.12. The van der Waals surface area contributed by atoms with E-state index in [9.17, 15) is 5.11 Å². The summed E-state index contributed by atoms with van der Waals surface area (Å²) >= 11 is 0. The first-order valence-corrected chi connectivity index (χ1v) is 4.68. The zero-order chi connectivity index (χ0) is 10.1. The Morgan fingerprint density at radius 1 is 1.50 bits per heavy atom. The molecule has 0 saturated carbocycles. The lowest BCUT2D eigenvalue weighted by Gasteiger charge is -2.09. The molecule has 1 atom stereocenters. The van der Waals surface area contributed by atoms with Gasteiger partial charge in [-0.1, -0.05) is 6.07 Å². The third kappa shape index (κ3) is 1.41. The van der Waals surface area contributed by atoms with Gasteiger partial charge in [-0.2, -0.15) is 0 Å². The molecule has 0 amide bonds. The molecule has 74 valence electrons. The summed E-state index contributed by atoms with van der Waals surface area (Å²) in [6, 6.07) is 5.93. The lowest BCUT2D eigenvalue weighted by atomic mass is 10.0. The van der Waals surface area contributed by atoms with E-state index in [0.717, 1.165) is 22.0 Å². The molecule has 2 rings (SSSR count). The van der Waals surface area contributed by atoms with E-state index in [1.807, 2.05) is 31.3 Å². The lowest BCUT2D eigenvalue weighted by molar-refractivity contribution is 0.187. The number of aromatic amines is 1. The van der Waals surface area contributed by atoms with Gasteiger partial charge in [0, 0.05) is 18.3 Å². The SMILES string of the molecule is Cc1cc(C(O)CN)cc2cc[nH]c12. The van der Waals surface area contributed by atoms with Gasteiger partial charge in [0.05, 0.1) is 6.10 Å². The van der Waals surface area contributed by atoms with Crippen LogP contribution >= 0.6 is 0 Å². The summed E-state index contributed by atoms with van der Waals surface area (Å²) in [4.78, 5) is 3.16. The molecule has 0 saturated heterocycles. The third-order valence-corrected chi connectivity index (χ3v) is 2.49. The van der Waals surface area contributed by atoms with Gasteiger partial charge in [0.1, 0.15) is 0 Å². The average Bonchev–Trinajstić information content (AvgIpc) is 2.64. The van der Waals surface area contributed by atoms with E-state index < -0.39 is 6.10 Å². The van der Waals surface area contributed by atoms with Gasteiger partial charge in [0.15, 0.2) is 0 Å². The Kier molecular flexibility index (Phi) is 2.27. The molecule has 3 heteroatoms. The Hall–Kier alpha value is -1.32. The number of hydrogen-bond donors (Lipinski definition) is 3. The van der Waals surface area contributed by atoms with Crippen LogP contribution in [0, 0.1) is 6.92 Å². The van der Waals surface area contributed by atoms with Crippen molar-refractivity contribution in [2.75, 3.05) is 6.54 Å². The number of aliphatic hydroxyl groups is 1. The molecule has 0 spiro atoms. The van der Waals surface area contributed by atoms with Crippen molar-refractivity contribution < 1.29 is 5.11 Å². The van der Waals surface area contributed by atoms with Crippen LogP contribution in [-0.2, 0) is 0 Å². The van der Waals surface area contributed by atoms with Gasteiger partial charge in [-0.25, -0.2) is 0 Å². The molecule has 0 aliphatic heterocycles. The number of benzene rings is 1. The predicted octanol–water partition coefficient (Wildman–Crippen LogP) is 1.47. The molecule has 0 bridgehead atoms. The van der Waals surface area contributed by atoms with Gasteiger partial charge >= 0.3 is 0 Å². The van der Waals surface area contributed by atoms with Crippen LogP contribution in [0.25, 0.3) is 10.9 Å². The van der Waals surface area contributed by atoms with Crippen LogP contribution in [0.5, 0.6) is 0 Å². The summed E-state index contributed by atoms with van der Waals surface area (Å²) in [6.07, 6.45) is 1.34. The molecular weight excluding hydrogens is 176 g/mol. The number of nitrogens with one attached hydrogen (secondary N) is 1. The molecule has 3 nitrogen and oxygen atoms in total. The van der Waals surface area contributed by atoms with Crippen LogP contribution in [-0.4, -0.2) is 16.6 Å². The summed E-state index contributed by atoms with van der Waals surface area (Å²) < 4.78 is 0. The van der Waals surface area contributed by atoms with Crippen molar-refractivity contribution in [1.82, 2.24) is 4.98 Å². The van der Waals surface area contributed by atoms with Crippen LogP contribution in [0.15, 0.2) is 24.4 Å². The Balaban J connectivity index is 2.58. The van der Waals surface area contributed by atoms with Crippen molar-refractivity contribution in [1.29, 1.82) is 0 Å². The normalized spacial score (nSPS) is 13.4. The number of aromatic nitrogens is 1. The highest BCUT2D eigenvalue weighted by molar-refractivity contribution is 5.83. The molecule has 2 aromatic rings. The number of nitrogens with two attached hydrogens (primary N) is 1. The van der Waals surface area contributed by atoms with E-state index >= 15 is 0 Å². The van der Waals surface area contributed by atoms with Gasteiger partial charge in [-0.3, -0.25) is 0 Å². The number of rotatable bonds is 2. The standard InChI is InChI=1S/C11H14N2O/c1-7-4-9(10(14)6-12)5-8-2-3-13-11(7)8/h2-5,10,13-14H,6,12H2,1H3. The van der Waals surface area contributed by atoms with Crippen molar-refractivity contribution in [2.45, 2.75) is 13.0 Å². The Bertz CT molecular complexity index is 447. The Morgan fingerprint density at radius 3 is 3.00 bits per heavy atom. The second-order valence-electron chi connectivity index (χ2n) is 3.53. The average molecular weight is 190 g/mol. The number of H-pyrrole nitrogens is 1. The fourth-order valence-electron chi connectivity index (χ4n) is 1.72. The quantitative estimate of drug-likeness (QED) is 0.671. The van der Waals surface area contributed by atoms with Crippen molar-refractivity contribution >= 4 is 10.9 Å². The highest BCUT2D eigenvalue weighted by Gasteiger charge is 2.08. The van der Waals surface area contributed by atoms with E-state index in [1.165, 1.54) is 0 Å². The topological polar surface area (TPSA) is 62.0 Å². The minimum atomic E-state index is -0.562. The molecule has 1 heterocycles. The first kappa shape index (κ1) is 9.24. The van der Waals surface area contributed by atoms with E-state index in [1.54, 1.807) is 0 Å². The van der Waals surface area contributed by atoms with E-state index in [2.05, 4.69) is 4.98 Å². The van der Waals surface area contributed by atoms with Crippen LogP contribution < -0.4 is 5.73 Å². The van der Waals surface area contributed by atoms with Crippen LogP contribution in [0.3, 0.4) is 0 Å². The third-order valence-electron chi connectivity index (χ3n) is 2.49. The van der Waals surface area contributed by atoms with Crippen LogP contribution in [0.1, 0.15) is 17.2 Å². The second kappa shape index (κ2) is 3.44. The maximum atomic E-state index is 9.62. The largest absolute Gasteiger partial charge is 0.387 e. The second-order valence-corrected chi connectivity index (χ2v) is 3.53. The number of aliphatic hydroxyl groups excluding tert-OH is 1. The summed E-state index contributed by atoms with van der Waals surface area (Å²) in [6.45, 7) is 2.28. The minimum Gasteiger partial charge on any atom is -0.387 e. The molecule has 0 fully saturated rings. The molecular formula is C11H14N2O. The fraction of sp³-hybridized carbons (Fsp3) is 0.273. The summed E-state index contributed by atoms with van der Waals surface area (Å²) in [7, 11) is 0. The summed E-state index contributed by atoms with van der Waals surface area (Å²) in [5, 5.41) is 10.7. The molecule has 0 aliphatic rings. The maximum absolute atomic E-state index is 9.62. The monoisotopic (exact) mass is 190 g/mol. The minimum absolute atomic E-state index is 0.259. The molecule has 1 aromatic heterocycles. The van der Waals surface area contributed by atoms with Crippen molar-refractivity contribution in [2.24, 2.45) is 5.73 Å². The maximum Gasteiger partial charge on any atom is 0.0912 e.